The summed E-state index contributed by atoms with van der Waals surface area (Å²) in [6, 6.07) is 26.8. The van der Waals surface area contributed by atoms with Crippen LogP contribution in [0.2, 0.25) is 0 Å². The Kier molecular flexibility index (Phi) is 23.2. The van der Waals surface area contributed by atoms with E-state index in [4.69, 9.17) is 41.9 Å². The maximum Gasteiger partial charge on any atom is 0.229 e. The van der Waals surface area contributed by atoms with E-state index in [9.17, 15) is 28.5 Å². The first-order valence-corrected chi connectivity index (χ1v) is 32.8. The van der Waals surface area contributed by atoms with Gasteiger partial charge in [0.25, 0.3) is 0 Å². The van der Waals surface area contributed by atoms with Gasteiger partial charge in [0.05, 0.1) is 74.0 Å². The summed E-state index contributed by atoms with van der Waals surface area (Å²) < 4.78 is 66.1. The molecule has 0 bridgehead atoms. The number of H-pyrrole nitrogens is 3. The first-order chi connectivity index (χ1) is 49.9. The van der Waals surface area contributed by atoms with Gasteiger partial charge in [-0.15, -0.1) is 0 Å². The van der Waals surface area contributed by atoms with Crippen molar-refractivity contribution in [1.29, 1.82) is 0 Å². The Morgan fingerprint density at radius 3 is 1.27 bits per heavy atom. The van der Waals surface area contributed by atoms with E-state index >= 15 is 0 Å². The fourth-order valence-corrected chi connectivity index (χ4v) is 11.6. The van der Waals surface area contributed by atoms with Crippen LogP contribution in [0.1, 0.15) is 36.8 Å². The number of nitrogens with one attached hydrogen (secondary N) is 12. The second kappa shape index (κ2) is 33.2. The van der Waals surface area contributed by atoms with Crippen LogP contribution in [0, 0.1) is 31.3 Å². The highest BCUT2D eigenvalue weighted by atomic mass is 19.1. The van der Waals surface area contributed by atoms with Crippen LogP contribution >= 0.6 is 0 Å². The first kappa shape index (κ1) is 71.9. The molecule has 32 heteroatoms. The molecule has 23 N–H and O–H groups in total. The number of aromatic hydroxyl groups is 3. The summed E-state index contributed by atoms with van der Waals surface area (Å²) in [7, 11) is 4.60. The Morgan fingerprint density at radius 1 is 0.476 bits per heavy atom. The van der Waals surface area contributed by atoms with Gasteiger partial charge in [-0.2, -0.15) is 15.0 Å². The van der Waals surface area contributed by atoms with Crippen LogP contribution < -0.4 is 89.7 Å². The second-order valence-corrected chi connectivity index (χ2v) is 23.7. The van der Waals surface area contributed by atoms with E-state index in [1.54, 1.807) is 39.3 Å². The number of phenols is 3. The maximum absolute atomic E-state index is 14.8. The number of anilines is 15. The van der Waals surface area contributed by atoms with Crippen molar-refractivity contribution >= 4 is 119 Å². The number of aromatic nitrogens is 9. The number of ether oxygens (including phenoxy) is 4. The van der Waals surface area contributed by atoms with E-state index in [0.29, 0.717) is 85.6 Å². The van der Waals surface area contributed by atoms with Gasteiger partial charge in [0.1, 0.15) is 29.1 Å². The van der Waals surface area contributed by atoms with Gasteiger partial charge in [-0.3, -0.25) is 0 Å². The third-order valence-corrected chi connectivity index (χ3v) is 16.6. The SMILES string of the molecule is COc1c(Nc2nc(Nc3cc(NCCN)cc4[nH]ccc34)ncc2F)ccc(O)c1C.COc1ccc(Nc2nc(Nc3cc(NCCN)cc4[nH]ccc34)ncc2F)c(OC)c1C.NCCNc1cc(Nc2ncc(F)c(Nc3ccc(O)c(O)c3O[C@@H]3CCC[C@H](N)C3)n2)c2cc[nH]c2c1. The zero-order valence-corrected chi connectivity index (χ0v) is 57.0. The number of phenolic OH excluding ortho intramolecular Hbond substituents is 3. The molecule has 6 heterocycles. The van der Waals surface area contributed by atoms with Crippen LogP contribution in [0.4, 0.5) is 99.7 Å². The minimum Gasteiger partial charge on any atom is -0.508 e. The molecule has 6 aromatic heterocycles. The molecule has 1 saturated carbocycles. The highest BCUT2D eigenvalue weighted by molar-refractivity contribution is 5.98. The predicted octanol–water partition coefficient (Wildman–Crippen LogP) is 12.3. The molecule has 103 heavy (non-hydrogen) atoms. The maximum atomic E-state index is 14.8. The Morgan fingerprint density at radius 2 is 0.874 bits per heavy atom. The summed E-state index contributed by atoms with van der Waals surface area (Å²) >= 11 is 0. The summed E-state index contributed by atoms with van der Waals surface area (Å²) in [5.41, 5.74) is 33.0. The summed E-state index contributed by atoms with van der Waals surface area (Å²) in [4.78, 5) is 34.8. The van der Waals surface area contributed by atoms with Crippen LogP contribution in [0.25, 0.3) is 32.7 Å². The summed E-state index contributed by atoms with van der Waals surface area (Å²) in [5, 5.41) is 61.3. The van der Waals surface area contributed by atoms with Crippen molar-refractivity contribution in [3.63, 3.8) is 0 Å². The Bertz CT molecular complexity index is 4920. The average Bonchev–Trinajstić information content (AvgIpc) is 1.80. The molecule has 0 aliphatic heterocycles. The van der Waals surface area contributed by atoms with E-state index in [1.165, 1.54) is 25.3 Å². The summed E-state index contributed by atoms with van der Waals surface area (Å²) in [6.07, 6.45) is 11.7. The van der Waals surface area contributed by atoms with Crippen LogP contribution in [0.15, 0.2) is 128 Å². The Labute approximate surface area is 589 Å². The van der Waals surface area contributed by atoms with Gasteiger partial charge in [0.15, 0.2) is 46.4 Å². The van der Waals surface area contributed by atoms with E-state index in [2.05, 4.69) is 92.7 Å². The number of fused-ring (bicyclic) bond motifs is 3. The molecule has 1 fully saturated rings. The molecule has 0 amide bonds. The van der Waals surface area contributed by atoms with Gasteiger partial charge in [0, 0.05) is 125 Å². The quantitative estimate of drug-likeness (QED) is 0.0177. The fraction of sp³-hybridized carbons (Fsp3) is 0.239. The summed E-state index contributed by atoms with van der Waals surface area (Å²) in [5.74, 6) is -0.615. The Hall–Kier alpha value is -12.4. The molecule has 0 radical (unpaired) electrons. The van der Waals surface area contributed by atoms with Crippen molar-refractivity contribution < 1.29 is 47.4 Å². The molecular formula is C71H81F3N22O7. The molecule has 29 nitrogen and oxygen atoms in total. The van der Waals surface area contributed by atoms with E-state index < -0.39 is 23.2 Å². The highest BCUT2D eigenvalue weighted by Gasteiger charge is 2.26. The molecule has 0 spiro atoms. The summed E-state index contributed by atoms with van der Waals surface area (Å²) in [6.45, 7) is 6.92. The lowest BCUT2D eigenvalue weighted by molar-refractivity contribution is 0.140. The Balaban J connectivity index is 0.000000156. The highest BCUT2D eigenvalue weighted by Crippen LogP contribution is 2.45. The lowest BCUT2D eigenvalue weighted by Crippen LogP contribution is -2.33. The van der Waals surface area contributed by atoms with E-state index in [0.717, 1.165) is 105 Å². The number of nitrogens with two attached hydrogens (primary N) is 4. The predicted molar refractivity (Wildman–Crippen MR) is 398 cm³/mol. The molecular weight excluding hydrogens is 1330 g/mol. The average molecular weight is 1410 g/mol. The molecule has 1 aliphatic carbocycles. The first-order valence-electron chi connectivity index (χ1n) is 32.8. The second-order valence-electron chi connectivity index (χ2n) is 23.7. The van der Waals surface area contributed by atoms with E-state index in [-0.39, 0.29) is 70.4 Å². The number of benzene rings is 6. The molecule has 538 valence electrons. The molecule has 13 rings (SSSR count). The van der Waals surface area contributed by atoms with Gasteiger partial charge in [-0.05, 0) is 131 Å². The van der Waals surface area contributed by atoms with Gasteiger partial charge in [-0.25, -0.2) is 28.1 Å². The molecule has 1 aliphatic rings. The molecule has 2 atom stereocenters. The standard InChI is InChI=1S/C26H31FN8O3.C23H26FN7O2.C22H24FN7O2/c27-18-13-32-26(34-21-12-15(30-9-7-28)11-20-17(21)6-8-31-20)35-25(18)33-19-4-5-22(36)23(37)24(19)38-16-3-1-2-14(29)10-16;1-13-20(32-2)5-4-17(21(13)33-3)29-22-16(24)12-28-23(31-22)30-19-11-14(26-9-7-25)10-18-15(19)6-8-27-18;1-12-19(31)4-3-16(20(12)32-2)28-21-15(23)11-27-22(30-21)29-18-10-13(25-8-6-24)9-17-14(18)5-7-26-17/h4-6,8,11-14,16,30-31,36-37H,1-3,7,9-10,28-29H2,(H2,32,33,34,35);4-6,8,10-12,26-27H,7,9,25H2,1-3H3,(H2,28,29,30,31);3-5,7,9-11,25-26,31H,6,8,24H2,1-2H3,(H2,27,28,29,30)/t14-,16+;;/m0../s1. The smallest absolute Gasteiger partial charge is 0.229 e. The normalized spacial score (nSPS) is 13.2. The largest absolute Gasteiger partial charge is 0.508 e. The van der Waals surface area contributed by atoms with Gasteiger partial charge >= 0.3 is 0 Å². The van der Waals surface area contributed by atoms with Gasteiger partial charge in [0.2, 0.25) is 23.6 Å². The number of hydrogen-bond acceptors (Lipinski definition) is 26. The minimum absolute atomic E-state index is 0.00401. The van der Waals surface area contributed by atoms with Crippen molar-refractivity contribution in [3.05, 3.63) is 157 Å². The fourth-order valence-electron chi connectivity index (χ4n) is 11.6. The molecule has 6 aromatic carbocycles. The van der Waals surface area contributed by atoms with Crippen LogP contribution in [0.3, 0.4) is 0 Å². The topological polar surface area (TPSA) is 435 Å². The zero-order chi connectivity index (χ0) is 72.7. The van der Waals surface area contributed by atoms with Crippen molar-refractivity contribution in [2.75, 3.05) is 108 Å². The van der Waals surface area contributed by atoms with Gasteiger partial charge < -0.3 is 120 Å². The number of rotatable bonds is 26. The van der Waals surface area contributed by atoms with Gasteiger partial charge in [-0.1, -0.05) is 0 Å². The molecule has 0 saturated heterocycles. The number of nitrogens with zero attached hydrogens (tertiary/aromatic N) is 6. The lowest BCUT2D eigenvalue weighted by Gasteiger charge is -2.28. The third-order valence-electron chi connectivity index (χ3n) is 16.6. The van der Waals surface area contributed by atoms with E-state index in [1.807, 2.05) is 80.1 Å². The zero-order valence-electron chi connectivity index (χ0n) is 57.0. The van der Waals surface area contributed by atoms with Crippen LogP contribution in [-0.4, -0.2) is 133 Å². The number of hydrogen-bond donors (Lipinski definition) is 19. The van der Waals surface area contributed by atoms with Crippen molar-refractivity contribution in [3.8, 4) is 40.2 Å². The van der Waals surface area contributed by atoms with Crippen molar-refractivity contribution in [1.82, 2.24) is 44.9 Å². The van der Waals surface area contributed by atoms with Crippen LogP contribution in [0.5, 0.6) is 40.2 Å². The van der Waals surface area contributed by atoms with Crippen molar-refractivity contribution in [2.24, 2.45) is 22.9 Å². The molecule has 0 unspecified atom stereocenters. The van der Waals surface area contributed by atoms with Crippen molar-refractivity contribution in [2.45, 2.75) is 51.7 Å². The number of aromatic amines is 3. The monoisotopic (exact) mass is 1410 g/mol. The lowest BCUT2D eigenvalue weighted by atomic mass is 9.93. The van der Waals surface area contributed by atoms with Crippen LogP contribution in [-0.2, 0) is 0 Å². The minimum atomic E-state index is -0.709. The third kappa shape index (κ3) is 17.3. The molecule has 12 aromatic rings. The number of methoxy groups -OCH3 is 3. The number of halogens is 3.